The Morgan fingerprint density at radius 2 is 1.79 bits per heavy atom. The van der Waals surface area contributed by atoms with Gasteiger partial charge in [0.1, 0.15) is 12.3 Å². The summed E-state index contributed by atoms with van der Waals surface area (Å²) >= 11 is 12.6. The first-order valence-corrected chi connectivity index (χ1v) is 10.1. The molecule has 0 radical (unpaired) electrons. The highest BCUT2D eigenvalue weighted by Gasteiger charge is 2.16. The number of halogens is 2. The predicted molar refractivity (Wildman–Crippen MR) is 116 cm³/mol. The molecule has 0 unspecified atom stereocenters. The maximum Gasteiger partial charge on any atom is 0.325 e. The van der Waals surface area contributed by atoms with Crippen molar-refractivity contribution in [2.45, 2.75) is 32.4 Å². The number of phenolic OH excluding ortho intramolecular Hbond substituents is 1. The van der Waals surface area contributed by atoms with Gasteiger partial charge < -0.3 is 25.6 Å². The predicted octanol–water partition coefficient (Wildman–Crippen LogP) is 3.93. The lowest BCUT2D eigenvalue weighted by molar-refractivity contribution is -0.140. The average Bonchev–Trinajstić information content (AvgIpc) is 2.67. The van der Waals surface area contributed by atoms with Gasteiger partial charge in [0.25, 0.3) is 0 Å². The van der Waals surface area contributed by atoms with Crippen LogP contribution in [-0.4, -0.2) is 41.9 Å². The topological polar surface area (TPSA) is 90.8 Å². The van der Waals surface area contributed by atoms with Gasteiger partial charge >= 0.3 is 5.97 Å². The molecule has 2 aromatic carbocycles. The van der Waals surface area contributed by atoms with Gasteiger partial charge in [0.05, 0.1) is 28.4 Å². The largest absolute Gasteiger partial charge is 0.508 e. The molecular weight excluding hydrogens is 415 g/mol. The number of rotatable bonds is 10. The smallest absolute Gasteiger partial charge is 0.325 e. The molecule has 29 heavy (non-hydrogen) atoms. The highest BCUT2D eigenvalue weighted by atomic mass is 35.5. The molecule has 0 amide bonds. The fourth-order valence-corrected chi connectivity index (χ4v) is 3.49. The number of carbonyl (C=O) groups excluding carboxylic acids is 1. The summed E-state index contributed by atoms with van der Waals surface area (Å²) in [6.45, 7) is 4.54. The van der Waals surface area contributed by atoms with Crippen LogP contribution in [0.4, 0.5) is 5.69 Å². The molecule has 0 aliphatic carbocycles. The molecule has 2 atom stereocenters. The van der Waals surface area contributed by atoms with Gasteiger partial charge in [-0.2, -0.15) is 0 Å². The monoisotopic (exact) mass is 440 g/mol. The first-order chi connectivity index (χ1) is 13.8. The van der Waals surface area contributed by atoms with Crippen molar-refractivity contribution in [3.05, 3.63) is 57.6 Å². The fourth-order valence-electron chi connectivity index (χ4n) is 2.83. The van der Waals surface area contributed by atoms with Gasteiger partial charge in [-0.15, -0.1) is 0 Å². The minimum absolute atomic E-state index is 0.0130. The van der Waals surface area contributed by atoms with Crippen LogP contribution in [0.1, 0.15) is 31.1 Å². The number of aliphatic hydroxyl groups excluding tert-OH is 1. The molecule has 0 aliphatic rings. The van der Waals surface area contributed by atoms with Gasteiger partial charge in [0.15, 0.2) is 0 Å². The second-order valence-corrected chi connectivity index (χ2v) is 7.44. The lowest BCUT2D eigenvalue weighted by atomic mass is 10.0. The second kappa shape index (κ2) is 11.3. The Labute approximate surface area is 180 Å². The van der Waals surface area contributed by atoms with Gasteiger partial charge in [-0.3, -0.25) is 4.79 Å². The van der Waals surface area contributed by atoms with Crippen LogP contribution in [-0.2, 0) is 16.0 Å². The quantitative estimate of drug-likeness (QED) is 0.418. The fraction of sp³-hybridized carbons (Fsp3) is 0.381. The summed E-state index contributed by atoms with van der Waals surface area (Å²) in [6.07, 6.45) is -0.0400. The van der Waals surface area contributed by atoms with E-state index in [2.05, 4.69) is 10.6 Å². The van der Waals surface area contributed by atoms with E-state index in [1.807, 2.05) is 6.92 Å². The zero-order valence-electron chi connectivity index (χ0n) is 16.4. The molecule has 0 bridgehead atoms. The van der Waals surface area contributed by atoms with Crippen LogP contribution >= 0.6 is 23.2 Å². The SMILES string of the molecule is CCOC(=O)CNc1c(Cl)cc(CCN[C@@H](C)[C@@H](O)c2ccc(O)cc2)cc1Cl. The molecule has 0 aromatic heterocycles. The van der Waals surface area contributed by atoms with Crippen molar-refractivity contribution in [2.75, 3.05) is 25.0 Å². The minimum Gasteiger partial charge on any atom is -0.508 e. The van der Waals surface area contributed by atoms with Crippen molar-refractivity contribution in [3.63, 3.8) is 0 Å². The number of aliphatic hydroxyl groups is 1. The van der Waals surface area contributed by atoms with E-state index in [-0.39, 0.29) is 24.3 Å². The van der Waals surface area contributed by atoms with Crippen molar-refractivity contribution >= 4 is 34.9 Å². The number of ether oxygens (including phenoxy) is 1. The number of benzene rings is 2. The maximum atomic E-state index is 11.5. The summed E-state index contributed by atoms with van der Waals surface area (Å²) < 4.78 is 4.87. The van der Waals surface area contributed by atoms with E-state index in [9.17, 15) is 15.0 Å². The molecule has 158 valence electrons. The molecule has 8 heteroatoms. The van der Waals surface area contributed by atoms with Crippen LogP contribution in [0.2, 0.25) is 10.0 Å². The number of aromatic hydroxyl groups is 1. The second-order valence-electron chi connectivity index (χ2n) is 6.62. The Morgan fingerprint density at radius 3 is 2.38 bits per heavy atom. The first kappa shape index (κ1) is 23.3. The summed E-state index contributed by atoms with van der Waals surface area (Å²) in [4.78, 5) is 11.5. The number of hydrogen-bond acceptors (Lipinski definition) is 6. The lowest BCUT2D eigenvalue weighted by Gasteiger charge is -2.21. The summed E-state index contributed by atoms with van der Waals surface area (Å²) in [5.74, 6) is -0.218. The number of carbonyl (C=O) groups is 1. The molecule has 0 saturated heterocycles. The van der Waals surface area contributed by atoms with E-state index in [1.54, 1.807) is 43.3 Å². The summed E-state index contributed by atoms with van der Waals surface area (Å²) in [5, 5.41) is 26.8. The van der Waals surface area contributed by atoms with E-state index < -0.39 is 6.10 Å². The van der Waals surface area contributed by atoms with Crippen molar-refractivity contribution in [1.29, 1.82) is 0 Å². The molecule has 0 spiro atoms. The van der Waals surface area contributed by atoms with Crippen LogP contribution in [0.25, 0.3) is 0 Å². The first-order valence-electron chi connectivity index (χ1n) is 9.39. The lowest BCUT2D eigenvalue weighted by Crippen LogP contribution is -2.33. The molecule has 0 saturated carbocycles. The zero-order valence-corrected chi connectivity index (χ0v) is 17.9. The molecule has 0 fully saturated rings. The van der Waals surface area contributed by atoms with Gasteiger partial charge in [-0.1, -0.05) is 35.3 Å². The van der Waals surface area contributed by atoms with Crippen molar-refractivity contribution in [2.24, 2.45) is 0 Å². The van der Waals surface area contributed by atoms with E-state index in [1.165, 1.54) is 0 Å². The van der Waals surface area contributed by atoms with Gasteiger partial charge in [0, 0.05) is 6.04 Å². The molecule has 4 N–H and O–H groups in total. The summed E-state index contributed by atoms with van der Waals surface area (Å²) in [5.41, 5.74) is 2.15. The highest BCUT2D eigenvalue weighted by Crippen LogP contribution is 2.32. The van der Waals surface area contributed by atoms with Crippen molar-refractivity contribution in [3.8, 4) is 5.75 Å². The Morgan fingerprint density at radius 1 is 1.17 bits per heavy atom. The number of esters is 1. The molecule has 2 rings (SSSR count). The maximum absolute atomic E-state index is 11.5. The number of nitrogens with one attached hydrogen (secondary N) is 2. The van der Waals surface area contributed by atoms with E-state index in [0.717, 1.165) is 11.1 Å². The van der Waals surface area contributed by atoms with Crippen LogP contribution in [0.3, 0.4) is 0 Å². The molecular formula is C21H26Cl2N2O4. The Kier molecular flexibility index (Phi) is 9.04. The normalized spacial score (nSPS) is 13.0. The van der Waals surface area contributed by atoms with E-state index in [0.29, 0.717) is 35.3 Å². The van der Waals surface area contributed by atoms with E-state index in [4.69, 9.17) is 27.9 Å². The molecule has 2 aromatic rings. The van der Waals surface area contributed by atoms with Gasteiger partial charge in [0.2, 0.25) is 0 Å². The number of hydrogen-bond donors (Lipinski definition) is 4. The summed E-state index contributed by atoms with van der Waals surface area (Å²) in [6, 6.07) is 9.89. The zero-order chi connectivity index (χ0) is 21.4. The molecule has 6 nitrogen and oxygen atoms in total. The Balaban J connectivity index is 1.88. The molecule has 0 heterocycles. The van der Waals surface area contributed by atoms with Crippen LogP contribution in [0.5, 0.6) is 5.75 Å². The highest BCUT2D eigenvalue weighted by molar-refractivity contribution is 6.39. The third-order valence-corrected chi connectivity index (χ3v) is 5.00. The van der Waals surface area contributed by atoms with Crippen LogP contribution in [0.15, 0.2) is 36.4 Å². The summed E-state index contributed by atoms with van der Waals surface area (Å²) in [7, 11) is 0. The standard InChI is InChI=1S/C21H26Cl2N2O4/c1-3-29-19(27)12-25-20-17(22)10-14(11-18(20)23)8-9-24-13(2)21(28)15-4-6-16(26)7-5-15/h4-7,10-11,13,21,24-26,28H,3,8-9,12H2,1-2H3/t13-,21+/m0/s1. The third kappa shape index (κ3) is 7.08. The average molecular weight is 441 g/mol. The third-order valence-electron chi connectivity index (χ3n) is 4.40. The number of phenols is 1. The number of anilines is 1. The van der Waals surface area contributed by atoms with Crippen LogP contribution in [0, 0.1) is 0 Å². The Bertz CT molecular complexity index is 792. The van der Waals surface area contributed by atoms with E-state index >= 15 is 0 Å². The van der Waals surface area contributed by atoms with Crippen molar-refractivity contribution < 1.29 is 19.7 Å². The molecule has 0 aliphatic heterocycles. The van der Waals surface area contributed by atoms with Crippen LogP contribution < -0.4 is 10.6 Å². The Hall–Kier alpha value is -1.99. The van der Waals surface area contributed by atoms with Gasteiger partial charge in [-0.25, -0.2) is 0 Å². The minimum atomic E-state index is -0.697. The van der Waals surface area contributed by atoms with Gasteiger partial charge in [-0.05, 0) is 62.2 Å². The van der Waals surface area contributed by atoms with Crippen molar-refractivity contribution in [1.82, 2.24) is 5.32 Å².